The Hall–Kier alpha value is -2.97. The van der Waals surface area contributed by atoms with E-state index in [1.165, 1.54) is 9.80 Å². The lowest BCUT2D eigenvalue weighted by atomic mass is 10.2. The number of carbonyl (C=O) groups is 2. The summed E-state index contributed by atoms with van der Waals surface area (Å²) in [5.74, 6) is 0. The van der Waals surface area contributed by atoms with E-state index in [4.69, 9.17) is 24.7 Å². The number of hydrogen-bond donors (Lipinski definition) is 1. The van der Waals surface area contributed by atoms with Crippen LogP contribution in [0.5, 0.6) is 0 Å². The number of carbonyl (C=O) groups excluding carboxylic acids is 2. The molecule has 17 heteroatoms. The predicted molar refractivity (Wildman–Crippen MR) is 127 cm³/mol. The molecule has 2 aliphatic heterocycles. The molecule has 36 heavy (non-hydrogen) atoms. The van der Waals surface area contributed by atoms with Crippen LogP contribution >= 0.6 is 0 Å². The minimum atomic E-state index is -3.71. The van der Waals surface area contributed by atoms with E-state index in [2.05, 4.69) is 20.1 Å². The molecule has 0 aliphatic carbocycles. The molecule has 0 unspecified atom stereocenters. The van der Waals surface area contributed by atoms with Gasteiger partial charge in [0.05, 0.1) is 37.5 Å². The Morgan fingerprint density at radius 3 is 1.69 bits per heavy atom. The molecular weight excluding hydrogens is 500 g/mol. The Morgan fingerprint density at radius 2 is 1.28 bits per heavy atom. The highest BCUT2D eigenvalue weighted by Gasteiger charge is 2.39. The summed E-state index contributed by atoms with van der Waals surface area (Å²) in [7, 11) is -3.71. The van der Waals surface area contributed by atoms with Crippen molar-refractivity contribution in [2.75, 3.05) is 32.4 Å². The molecule has 0 bridgehead atoms. The van der Waals surface area contributed by atoms with Gasteiger partial charge in [-0.25, -0.2) is 9.59 Å². The van der Waals surface area contributed by atoms with Crippen LogP contribution in [0.15, 0.2) is 10.2 Å². The molecule has 2 rings (SSSR count). The third-order valence-electron chi connectivity index (χ3n) is 4.50. The Kier molecular flexibility index (Phi) is 10.6. The number of hydrogen-bond acceptors (Lipinski definition) is 10. The van der Waals surface area contributed by atoms with Crippen molar-refractivity contribution in [1.29, 1.82) is 0 Å². The summed E-state index contributed by atoms with van der Waals surface area (Å²) in [5.41, 5.74) is 15.5. The van der Waals surface area contributed by atoms with E-state index >= 15 is 0 Å². The zero-order chi connectivity index (χ0) is 27.9. The number of nitrogens with zero attached hydrogens (tertiary/aromatic N) is 8. The van der Waals surface area contributed by atoms with Crippen LogP contribution in [-0.4, -0.2) is 103 Å². The summed E-state index contributed by atoms with van der Waals surface area (Å²) >= 11 is 0. The minimum Gasteiger partial charge on any atom is -0.444 e. The molecule has 0 radical (unpaired) electrons. The van der Waals surface area contributed by atoms with E-state index in [0.29, 0.717) is 0 Å². The normalized spacial score (nSPS) is 24.1. The smallest absolute Gasteiger partial charge is 0.410 e. The highest BCUT2D eigenvalue weighted by molar-refractivity contribution is 7.86. The quantitative estimate of drug-likeness (QED) is 0.244. The van der Waals surface area contributed by atoms with Crippen LogP contribution in [0.1, 0.15) is 41.5 Å². The standard InChI is InChI=1S/C10H18N4O5S.C9H16N4O3/c1-10(2,3)18-9(15)14-5-7(12-13-11)8(6-14)19-20(4,16)17;1-9(2,3)16-8(15)13-4-6(11-12-10)7(14)5-13/h7-8H,5-6H2,1-4H3;6-7,14H,4-5H2,1-3H3/t7-,8-;6-,7-/m00/s1. The summed E-state index contributed by atoms with van der Waals surface area (Å²) in [4.78, 5) is 31.4. The SMILES string of the molecule is CC(C)(C)OC(=O)N1C[C@H](N=[N+]=[N-])[C@@H](O)C1.CC(C)(C)OC(=O)N1C[C@H](N=[N+]=[N-])[C@@H](OS(C)(=O)=O)C1. The molecule has 0 saturated carbocycles. The maximum Gasteiger partial charge on any atom is 0.410 e. The fourth-order valence-corrected chi connectivity index (χ4v) is 3.79. The van der Waals surface area contributed by atoms with Gasteiger partial charge in [0.1, 0.15) is 17.3 Å². The fourth-order valence-electron chi connectivity index (χ4n) is 3.15. The van der Waals surface area contributed by atoms with Crippen LogP contribution in [0.3, 0.4) is 0 Å². The molecule has 2 amide bonds. The van der Waals surface area contributed by atoms with Gasteiger partial charge in [-0.05, 0) is 52.6 Å². The fraction of sp³-hybridized carbons (Fsp3) is 0.895. The first-order valence-electron chi connectivity index (χ1n) is 11.0. The van der Waals surface area contributed by atoms with Crippen molar-refractivity contribution in [2.45, 2.75) is 77.0 Å². The second kappa shape index (κ2) is 12.3. The van der Waals surface area contributed by atoms with Crippen LogP contribution < -0.4 is 0 Å². The molecule has 16 nitrogen and oxygen atoms in total. The van der Waals surface area contributed by atoms with Crippen molar-refractivity contribution >= 4 is 22.3 Å². The number of rotatable bonds is 4. The monoisotopic (exact) mass is 534 g/mol. The van der Waals surface area contributed by atoms with Crippen molar-refractivity contribution in [3.63, 3.8) is 0 Å². The van der Waals surface area contributed by atoms with E-state index in [0.717, 1.165) is 6.26 Å². The zero-order valence-corrected chi connectivity index (χ0v) is 22.2. The molecule has 4 atom stereocenters. The van der Waals surface area contributed by atoms with Crippen molar-refractivity contribution < 1.29 is 36.8 Å². The highest BCUT2D eigenvalue weighted by atomic mass is 32.2. The third-order valence-corrected chi connectivity index (χ3v) is 5.09. The van der Waals surface area contributed by atoms with E-state index in [-0.39, 0.29) is 26.2 Å². The minimum absolute atomic E-state index is 0.00826. The van der Waals surface area contributed by atoms with Gasteiger partial charge in [0.25, 0.3) is 10.1 Å². The van der Waals surface area contributed by atoms with Crippen molar-refractivity contribution in [3.8, 4) is 0 Å². The Balaban J connectivity index is 0.000000369. The predicted octanol–water partition coefficient (Wildman–Crippen LogP) is 2.54. The van der Waals surface area contributed by atoms with Crippen LogP contribution in [0.25, 0.3) is 20.9 Å². The summed E-state index contributed by atoms with van der Waals surface area (Å²) in [5, 5.41) is 16.4. The molecule has 204 valence electrons. The third kappa shape index (κ3) is 11.2. The van der Waals surface area contributed by atoms with Gasteiger partial charge >= 0.3 is 12.2 Å². The number of amides is 2. The van der Waals surface area contributed by atoms with E-state index < -0.39 is 57.8 Å². The molecule has 0 aromatic heterocycles. The summed E-state index contributed by atoms with van der Waals surface area (Å²) < 4.78 is 37.4. The first-order chi connectivity index (χ1) is 16.3. The molecule has 2 heterocycles. The zero-order valence-electron chi connectivity index (χ0n) is 21.4. The molecule has 2 saturated heterocycles. The lowest BCUT2D eigenvalue weighted by Gasteiger charge is -2.24. The maximum absolute atomic E-state index is 11.9. The summed E-state index contributed by atoms with van der Waals surface area (Å²) in [6.45, 7) is 10.8. The van der Waals surface area contributed by atoms with Crippen LogP contribution in [0.2, 0.25) is 0 Å². The average molecular weight is 535 g/mol. The second-order valence-electron chi connectivity index (χ2n) is 10.2. The summed E-state index contributed by atoms with van der Waals surface area (Å²) in [6, 6.07) is -1.35. The van der Waals surface area contributed by atoms with Crippen molar-refractivity contribution in [2.24, 2.45) is 10.2 Å². The van der Waals surface area contributed by atoms with Gasteiger partial charge in [-0.2, -0.15) is 8.42 Å². The van der Waals surface area contributed by atoms with E-state index in [9.17, 15) is 23.1 Å². The molecule has 0 aromatic rings. The van der Waals surface area contributed by atoms with Gasteiger partial charge in [-0.3, -0.25) is 4.18 Å². The van der Waals surface area contributed by atoms with Crippen LogP contribution in [0, 0.1) is 0 Å². The largest absolute Gasteiger partial charge is 0.444 e. The van der Waals surface area contributed by atoms with E-state index in [1.807, 2.05) is 0 Å². The second-order valence-corrected chi connectivity index (χ2v) is 11.8. The average Bonchev–Trinajstić information content (AvgIpc) is 3.23. The van der Waals surface area contributed by atoms with Gasteiger partial charge in [0.2, 0.25) is 0 Å². The molecule has 1 N–H and O–H groups in total. The number of aliphatic hydroxyl groups is 1. The maximum atomic E-state index is 11.9. The summed E-state index contributed by atoms with van der Waals surface area (Å²) in [6.07, 6.45) is -1.91. The van der Waals surface area contributed by atoms with Gasteiger partial charge in [-0.1, -0.05) is 10.2 Å². The van der Waals surface area contributed by atoms with Gasteiger partial charge in [0.15, 0.2) is 0 Å². The lowest BCUT2D eigenvalue weighted by molar-refractivity contribution is 0.0263. The molecule has 0 spiro atoms. The Bertz CT molecular complexity index is 996. The van der Waals surface area contributed by atoms with Gasteiger partial charge in [-0.15, -0.1) is 0 Å². The molecule has 2 fully saturated rings. The first kappa shape index (κ1) is 31.1. The van der Waals surface area contributed by atoms with Crippen molar-refractivity contribution in [3.05, 3.63) is 20.9 Å². The van der Waals surface area contributed by atoms with Crippen LogP contribution in [-0.2, 0) is 23.8 Å². The first-order valence-corrected chi connectivity index (χ1v) is 12.8. The number of ether oxygens (including phenoxy) is 2. The number of likely N-dealkylation sites (tertiary alicyclic amines) is 2. The van der Waals surface area contributed by atoms with Crippen LogP contribution in [0.4, 0.5) is 9.59 Å². The van der Waals surface area contributed by atoms with Crippen molar-refractivity contribution in [1.82, 2.24) is 9.80 Å². The lowest BCUT2D eigenvalue weighted by Crippen LogP contribution is -2.36. The number of azide groups is 2. The molecule has 0 aromatic carbocycles. The van der Waals surface area contributed by atoms with Gasteiger partial charge < -0.3 is 24.4 Å². The Morgan fingerprint density at radius 1 is 0.861 bits per heavy atom. The molecule has 2 aliphatic rings. The number of β-amino-alcohol motifs (C(OH)–C–C–N with tert-alkyl or cyclic N) is 1. The Labute approximate surface area is 209 Å². The number of aliphatic hydroxyl groups excluding tert-OH is 1. The molecular formula is C19H34N8O8S. The van der Waals surface area contributed by atoms with E-state index in [1.54, 1.807) is 41.5 Å². The van der Waals surface area contributed by atoms with Gasteiger partial charge in [0, 0.05) is 22.9 Å². The topological polar surface area (TPSA) is 220 Å². The highest BCUT2D eigenvalue weighted by Crippen LogP contribution is 2.21.